The molecule has 0 bridgehead atoms. The molecular formula is C14H13N5O4S. The molecule has 1 amide bonds. The molecule has 2 aromatic rings. The van der Waals surface area contributed by atoms with E-state index in [1.807, 2.05) is 0 Å². The van der Waals surface area contributed by atoms with Crippen molar-refractivity contribution in [2.75, 3.05) is 23.5 Å². The van der Waals surface area contributed by atoms with Gasteiger partial charge in [-0.25, -0.2) is 0 Å². The molecule has 1 aliphatic rings. The van der Waals surface area contributed by atoms with Crippen LogP contribution < -0.4 is 21.5 Å². The van der Waals surface area contributed by atoms with Gasteiger partial charge in [0.25, 0.3) is 11.5 Å². The Morgan fingerprint density at radius 3 is 3.00 bits per heavy atom. The standard InChI is InChI=1S/C14H13N5O4S/c1-7-13(22)19(15)14(18-17-7)24-6-10(20)8-2-3-11-9(4-8)16-12(21)5-23-11/h2-4H,5-6,15H2,1H3,(H,16,21). The van der Waals surface area contributed by atoms with Gasteiger partial charge in [-0.05, 0) is 25.1 Å². The molecule has 1 aromatic heterocycles. The van der Waals surface area contributed by atoms with E-state index in [0.29, 0.717) is 17.0 Å². The Morgan fingerprint density at radius 2 is 2.21 bits per heavy atom. The number of nitrogens with two attached hydrogens (primary N) is 1. The predicted octanol–water partition coefficient (Wildman–Crippen LogP) is -0.0336. The SMILES string of the molecule is Cc1nnc(SCC(=O)c2ccc3c(c2)NC(=O)CO3)n(N)c1=O. The Hall–Kier alpha value is -2.88. The highest BCUT2D eigenvalue weighted by Crippen LogP contribution is 2.29. The molecule has 0 fully saturated rings. The van der Waals surface area contributed by atoms with E-state index in [4.69, 9.17) is 10.6 Å². The number of ketones is 1. The van der Waals surface area contributed by atoms with Crippen LogP contribution in [0.25, 0.3) is 0 Å². The summed E-state index contributed by atoms with van der Waals surface area (Å²) in [5, 5.41) is 10.3. The number of benzene rings is 1. The summed E-state index contributed by atoms with van der Waals surface area (Å²) in [4.78, 5) is 35.3. The first-order valence-corrected chi connectivity index (χ1v) is 7.88. The maximum Gasteiger partial charge on any atom is 0.294 e. The fourth-order valence-corrected chi connectivity index (χ4v) is 2.79. The lowest BCUT2D eigenvalue weighted by Gasteiger charge is -2.18. The molecule has 1 aromatic carbocycles. The minimum atomic E-state index is -0.464. The van der Waals surface area contributed by atoms with Crippen LogP contribution in [0.4, 0.5) is 5.69 Å². The molecule has 0 saturated carbocycles. The number of nitrogen functional groups attached to an aromatic ring is 1. The van der Waals surface area contributed by atoms with Gasteiger partial charge in [-0.3, -0.25) is 14.4 Å². The lowest BCUT2D eigenvalue weighted by atomic mass is 10.1. The number of rotatable bonds is 4. The monoisotopic (exact) mass is 347 g/mol. The van der Waals surface area contributed by atoms with E-state index in [0.717, 1.165) is 16.4 Å². The molecule has 24 heavy (non-hydrogen) atoms. The van der Waals surface area contributed by atoms with Gasteiger partial charge in [0, 0.05) is 5.56 Å². The Labute approximate surface area is 140 Å². The van der Waals surface area contributed by atoms with Crippen LogP contribution in [0.2, 0.25) is 0 Å². The van der Waals surface area contributed by atoms with Crippen LogP contribution in [-0.2, 0) is 4.79 Å². The number of aromatic nitrogens is 3. The largest absolute Gasteiger partial charge is 0.482 e. The number of anilines is 1. The maximum absolute atomic E-state index is 12.3. The summed E-state index contributed by atoms with van der Waals surface area (Å²) in [7, 11) is 0. The first-order valence-electron chi connectivity index (χ1n) is 6.90. The summed E-state index contributed by atoms with van der Waals surface area (Å²) in [6, 6.07) is 4.78. The molecule has 10 heteroatoms. The van der Waals surface area contributed by atoms with Gasteiger partial charge in [0.2, 0.25) is 5.16 Å². The number of aryl methyl sites for hydroxylation is 1. The zero-order valence-corrected chi connectivity index (χ0v) is 13.4. The van der Waals surface area contributed by atoms with Crippen LogP contribution in [0.1, 0.15) is 16.1 Å². The minimum absolute atomic E-state index is 0.0158. The Bertz CT molecular complexity index is 895. The van der Waals surface area contributed by atoms with Crippen molar-refractivity contribution in [3.63, 3.8) is 0 Å². The van der Waals surface area contributed by atoms with Gasteiger partial charge >= 0.3 is 0 Å². The first-order chi connectivity index (χ1) is 11.5. The summed E-state index contributed by atoms with van der Waals surface area (Å²) < 4.78 is 6.10. The van der Waals surface area contributed by atoms with Crippen molar-refractivity contribution < 1.29 is 14.3 Å². The van der Waals surface area contributed by atoms with Crippen molar-refractivity contribution in [2.45, 2.75) is 12.1 Å². The second-order valence-corrected chi connectivity index (χ2v) is 5.95. The van der Waals surface area contributed by atoms with Crippen molar-refractivity contribution >= 4 is 29.1 Å². The van der Waals surface area contributed by atoms with Crippen molar-refractivity contribution in [3.05, 3.63) is 39.8 Å². The maximum atomic E-state index is 12.3. The third-order valence-electron chi connectivity index (χ3n) is 3.29. The third-order valence-corrected chi connectivity index (χ3v) is 4.23. The Kier molecular flexibility index (Phi) is 4.21. The van der Waals surface area contributed by atoms with E-state index in [-0.39, 0.29) is 34.9 Å². The second-order valence-electron chi connectivity index (χ2n) is 5.00. The molecule has 0 atom stereocenters. The number of nitrogens with one attached hydrogen (secondary N) is 1. The quantitative estimate of drug-likeness (QED) is 0.448. The zero-order chi connectivity index (χ0) is 17.3. The number of hydrogen-bond donors (Lipinski definition) is 2. The van der Waals surface area contributed by atoms with Crippen LogP contribution in [-0.4, -0.2) is 38.9 Å². The molecule has 3 N–H and O–H groups in total. The van der Waals surface area contributed by atoms with Gasteiger partial charge in [0.05, 0.1) is 11.4 Å². The van der Waals surface area contributed by atoms with Gasteiger partial charge < -0.3 is 15.9 Å². The molecule has 0 spiro atoms. The lowest BCUT2D eigenvalue weighted by Crippen LogP contribution is -2.32. The van der Waals surface area contributed by atoms with Gasteiger partial charge in [-0.15, -0.1) is 10.2 Å². The number of thioether (sulfide) groups is 1. The van der Waals surface area contributed by atoms with Crippen LogP contribution in [0.3, 0.4) is 0 Å². The van der Waals surface area contributed by atoms with Crippen LogP contribution >= 0.6 is 11.8 Å². The highest BCUT2D eigenvalue weighted by molar-refractivity contribution is 7.99. The van der Waals surface area contributed by atoms with E-state index >= 15 is 0 Å². The number of nitrogens with zero attached hydrogens (tertiary/aromatic N) is 3. The van der Waals surface area contributed by atoms with Gasteiger partial charge in [0.15, 0.2) is 12.4 Å². The number of carbonyl (C=O) groups is 2. The number of amides is 1. The van der Waals surface area contributed by atoms with Gasteiger partial charge in [-0.2, -0.15) is 4.68 Å². The van der Waals surface area contributed by atoms with Gasteiger partial charge in [0.1, 0.15) is 11.4 Å². The Morgan fingerprint density at radius 1 is 1.42 bits per heavy atom. The van der Waals surface area contributed by atoms with Crippen molar-refractivity contribution in [3.8, 4) is 5.75 Å². The number of carbonyl (C=O) groups excluding carboxylic acids is 2. The first kappa shape index (κ1) is 16.0. The molecule has 124 valence electrons. The molecule has 3 rings (SSSR count). The number of hydrogen-bond acceptors (Lipinski definition) is 8. The minimum Gasteiger partial charge on any atom is -0.482 e. The smallest absolute Gasteiger partial charge is 0.294 e. The summed E-state index contributed by atoms with van der Waals surface area (Å²) in [5.74, 6) is 5.66. The predicted molar refractivity (Wildman–Crippen MR) is 86.8 cm³/mol. The van der Waals surface area contributed by atoms with Crippen molar-refractivity contribution in [1.29, 1.82) is 0 Å². The van der Waals surface area contributed by atoms with E-state index in [1.54, 1.807) is 18.2 Å². The zero-order valence-electron chi connectivity index (χ0n) is 12.6. The third kappa shape index (κ3) is 3.08. The fraction of sp³-hybridized carbons (Fsp3) is 0.214. The molecule has 0 aliphatic carbocycles. The number of ether oxygens (including phenoxy) is 1. The lowest BCUT2D eigenvalue weighted by molar-refractivity contribution is -0.118. The molecular weight excluding hydrogens is 334 g/mol. The molecule has 9 nitrogen and oxygen atoms in total. The average Bonchev–Trinajstić information content (AvgIpc) is 2.58. The molecule has 2 heterocycles. The highest BCUT2D eigenvalue weighted by atomic mass is 32.2. The summed E-state index contributed by atoms with van der Waals surface area (Å²) in [5.41, 5.74) is 0.568. The van der Waals surface area contributed by atoms with E-state index in [1.165, 1.54) is 6.92 Å². The van der Waals surface area contributed by atoms with E-state index < -0.39 is 5.56 Å². The highest BCUT2D eigenvalue weighted by Gasteiger charge is 2.18. The summed E-state index contributed by atoms with van der Waals surface area (Å²) in [6.07, 6.45) is 0. The fourth-order valence-electron chi connectivity index (χ4n) is 2.04. The van der Waals surface area contributed by atoms with Crippen molar-refractivity contribution in [2.24, 2.45) is 0 Å². The van der Waals surface area contributed by atoms with E-state index in [9.17, 15) is 14.4 Å². The topological polar surface area (TPSA) is 129 Å². The van der Waals surface area contributed by atoms with E-state index in [2.05, 4.69) is 15.5 Å². The van der Waals surface area contributed by atoms with Crippen LogP contribution in [0.15, 0.2) is 28.2 Å². The number of Topliss-reactive ketones (excluding diaryl/α,β-unsaturated/α-hetero) is 1. The molecule has 0 unspecified atom stereocenters. The number of fused-ring (bicyclic) bond motifs is 1. The van der Waals surface area contributed by atoms with Crippen LogP contribution in [0, 0.1) is 6.92 Å². The Balaban J connectivity index is 1.74. The second kappa shape index (κ2) is 6.32. The average molecular weight is 347 g/mol. The van der Waals surface area contributed by atoms with Crippen molar-refractivity contribution in [1.82, 2.24) is 14.9 Å². The molecule has 0 radical (unpaired) electrons. The summed E-state index contributed by atoms with van der Waals surface area (Å²) in [6.45, 7) is 1.46. The normalized spacial score (nSPS) is 13.0. The van der Waals surface area contributed by atoms with Gasteiger partial charge in [-0.1, -0.05) is 11.8 Å². The summed E-state index contributed by atoms with van der Waals surface area (Å²) >= 11 is 1.01. The molecule has 1 aliphatic heterocycles. The molecule has 0 saturated heterocycles. The van der Waals surface area contributed by atoms with Crippen LogP contribution in [0.5, 0.6) is 5.75 Å².